The first-order chi connectivity index (χ1) is 30.6. The van der Waals surface area contributed by atoms with Crippen LogP contribution in [0.2, 0.25) is 0 Å². The zero-order valence-electron chi connectivity index (χ0n) is 40.6. The topological polar surface area (TPSA) is 201 Å². The van der Waals surface area contributed by atoms with Crippen LogP contribution in [0.15, 0.2) is 30.5 Å². The Morgan fingerprint density at radius 1 is 1.11 bits per heavy atom. The summed E-state index contributed by atoms with van der Waals surface area (Å²) >= 11 is 0.250. The molecule has 17 nitrogen and oxygen atoms in total. The number of unbranched alkanes of at least 4 members (excludes halogenated alkanes) is 1. The predicted molar refractivity (Wildman–Crippen MR) is 246 cm³/mol. The molecule has 1 aromatic heterocycles. The first kappa shape index (κ1) is 53.7. The zero-order valence-corrected chi connectivity index (χ0v) is 41.4. The molecule has 1 aromatic carbocycles. The highest BCUT2D eigenvalue weighted by Gasteiger charge is 2.60. The van der Waals surface area contributed by atoms with Gasteiger partial charge >= 0.3 is 12.1 Å². The number of anilines is 1. The molecule has 3 aliphatic heterocycles. The minimum atomic E-state index is -1.40. The molecule has 0 bridgehead atoms. The quantitative estimate of drug-likeness (QED) is 0.119. The van der Waals surface area contributed by atoms with Gasteiger partial charge in [0.1, 0.15) is 23.8 Å². The van der Waals surface area contributed by atoms with Crippen molar-refractivity contribution >= 4 is 41.6 Å². The van der Waals surface area contributed by atoms with Crippen LogP contribution in [-0.2, 0) is 44.6 Å². The van der Waals surface area contributed by atoms with Gasteiger partial charge in [0, 0.05) is 75.3 Å². The third kappa shape index (κ3) is 12.6. The number of ketones is 1. The number of aromatic nitrogens is 3. The standard InChI is InChI=1S/C45H71N7O10.CH3FS/c1-13-36-45(9)39(51(43(57)62-45)20-15-14-19-50-25-34(47-48-50)32-17-16-18-33(46)22-32)30(6)52(31(7)53)24-26(2)23-44(8,58-12)40(28(4)37(54)29(5)41(56)60-36)61-42-38(55)35(49(10)11)21-27(3)59-42;1-3-2/h16-18,22,25-30,35-36,38-40,42,55H,13-15,19-21,23-24,46H2,1-12H3;1H3/t26-,27?,28+,29-,30-,35?,36-,38?,39-,40-,42+,44-,45-;/m1./s1. The molecule has 2 aromatic rings. The monoisotopic (exact) mass is 936 g/mol. The first-order valence-corrected chi connectivity index (χ1v) is 23.8. The zero-order chi connectivity index (χ0) is 48.6. The number of ether oxygens (including phenoxy) is 5. The number of hydrogen-bond acceptors (Lipinski definition) is 15. The number of likely N-dealkylation sites (N-methyl/N-ethyl adjacent to an activating group) is 1. The summed E-state index contributed by atoms with van der Waals surface area (Å²) in [6.07, 6.45) is 0.677. The van der Waals surface area contributed by atoms with E-state index in [-0.39, 0.29) is 49.1 Å². The van der Waals surface area contributed by atoms with Gasteiger partial charge in [-0.25, -0.2) is 4.79 Å². The molecule has 0 aliphatic carbocycles. The van der Waals surface area contributed by atoms with Gasteiger partial charge in [0.15, 0.2) is 17.7 Å². The maximum atomic E-state index is 14.5. The number of amides is 2. The molecule has 13 atom stereocenters. The Morgan fingerprint density at radius 2 is 1.77 bits per heavy atom. The third-order valence-electron chi connectivity index (χ3n) is 13.4. The highest BCUT2D eigenvalue weighted by atomic mass is 32.2. The van der Waals surface area contributed by atoms with Crippen molar-refractivity contribution in [2.45, 2.75) is 161 Å². The number of carbonyl (C=O) groups excluding carboxylic acids is 4. The van der Waals surface area contributed by atoms with E-state index < -0.39 is 77.6 Å². The fourth-order valence-corrected chi connectivity index (χ4v) is 10.0. The highest BCUT2D eigenvalue weighted by Crippen LogP contribution is 2.41. The number of Topliss-reactive ketones (excluding diaryl/α,β-unsaturated/α-hetero) is 1. The Labute approximate surface area is 388 Å². The lowest BCUT2D eigenvalue weighted by Gasteiger charge is -2.47. The maximum absolute atomic E-state index is 14.5. The van der Waals surface area contributed by atoms with E-state index in [1.807, 2.05) is 84.1 Å². The molecule has 0 spiro atoms. The van der Waals surface area contributed by atoms with Crippen LogP contribution < -0.4 is 5.73 Å². The molecule has 0 saturated carbocycles. The second-order valence-electron chi connectivity index (χ2n) is 18.7. The van der Waals surface area contributed by atoms with Gasteiger partial charge in [0.25, 0.3) is 0 Å². The van der Waals surface area contributed by atoms with E-state index in [0.717, 1.165) is 5.56 Å². The van der Waals surface area contributed by atoms with Gasteiger partial charge < -0.3 is 44.3 Å². The molecule has 65 heavy (non-hydrogen) atoms. The number of halogens is 1. The summed E-state index contributed by atoms with van der Waals surface area (Å²) in [7, 11) is 5.31. The molecule has 3 fully saturated rings. The van der Waals surface area contributed by atoms with E-state index in [0.29, 0.717) is 50.2 Å². The van der Waals surface area contributed by atoms with Crippen molar-refractivity contribution < 1.29 is 51.9 Å². The Balaban J connectivity index is 0.00000300. The summed E-state index contributed by atoms with van der Waals surface area (Å²) in [4.78, 5) is 61.7. The first-order valence-electron chi connectivity index (χ1n) is 22.7. The van der Waals surface area contributed by atoms with Crippen LogP contribution in [-0.4, -0.2) is 159 Å². The average molecular weight is 936 g/mol. The molecule has 3 N–H and O–H groups in total. The van der Waals surface area contributed by atoms with Gasteiger partial charge in [-0.05, 0) is 98.9 Å². The van der Waals surface area contributed by atoms with Gasteiger partial charge in [-0.15, -0.1) is 5.10 Å². The van der Waals surface area contributed by atoms with Crippen LogP contribution in [0.25, 0.3) is 11.3 Å². The summed E-state index contributed by atoms with van der Waals surface area (Å²) in [5.74, 6) is -3.84. The molecule has 366 valence electrons. The normalized spacial score (nSPS) is 33.9. The number of cyclic esters (lactones) is 1. The molecule has 5 rings (SSSR count). The van der Waals surface area contributed by atoms with Gasteiger partial charge in [-0.3, -0.25) is 24.0 Å². The largest absolute Gasteiger partial charge is 0.458 e. The molecular weight excluding hydrogens is 862 g/mol. The molecule has 3 aliphatic rings. The number of fused-ring (bicyclic) bond motifs is 1. The number of nitrogens with zero attached hydrogens (tertiary/aromatic N) is 6. The number of esters is 1. The number of benzene rings is 1. The van der Waals surface area contributed by atoms with Crippen LogP contribution >= 0.6 is 12.1 Å². The lowest BCUT2D eigenvalue weighted by molar-refractivity contribution is -0.295. The Morgan fingerprint density at radius 3 is 2.37 bits per heavy atom. The molecule has 3 saturated heterocycles. The smallest absolute Gasteiger partial charge is 0.410 e. The van der Waals surface area contributed by atoms with Crippen molar-refractivity contribution in [3.8, 4) is 11.3 Å². The predicted octanol–water partition coefficient (Wildman–Crippen LogP) is 5.78. The molecule has 0 radical (unpaired) electrons. The van der Waals surface area contributed by atoms with E-state index in [1.165, 1.54) is 20.1 Å². The number of carbonyl (C=O) groups is 4. The lowest BCUT2D eigenvalue weighted by atomic mass is 9.78. The summed E-state index contributed by atoms with van der Waals surface area (Å²) in [6, 6.07) is 5.82. The average Bonchev–Trinajstić information content (AvgIpc) is 3.83. The van der Waals surface area contributed by atoms with Crippen LogP contribution in [0, 0.1) is 17.8 Å². The Kier molecular flexibility index (Phi) is 19.2. The number of aliphatic hydroxyl groups excluding tert-OH is 1. The van der Waals surface area contributed by atoms with Gasteiger partial charge in [0.2, 0.25) is 5.91 Å². The maximum Gasteiger partial charge on any atom is 0.410 e. The number of aryl methyl sites for hydroxylation is 1. The summed E-state index contributed by atoms with van der Waals surface area (Å²) < 4.78 is 43.6. The third-order valence-corrected chi connectivity index (χ3v) is 13.4. The number of hydrogen-bond donors (Lipinski definition) is 2. The minimum absolute atomic E-state index is 0.214. The van der Waals surface area contributed by atoms with E-state index in [4.69, 9.17) is 29.4 Å². The Bertz CT molecular complexity index is 1910. The second-order valence-corrected chi connectivity index (χ2v) is 19.0. The van der Waals surface area contributed by atoms with Crippen molar-refractivity contribution in [2.75, 3.05) is 46.3 Å². The van der Waals surface area contributed by atoms with Crippen molar-refractivity contribution in [1.29, 1.82) is 0 Å². The van der Waals surface area contributed by atoms with E-state index in [2.05, 4.69) is 10.3 Å². The van der Waals surface area contributed by atoms with Crippen molar-refractivity contribution in [3.05, 3.63) is 30.5 Å². The van der Waals surface area contributed by atoms with Crippen LogP contribution in [0.4, 0.5) is 14.4 Å². The molecule has 2 amide bonds. The molecule has 3 unspecified atom stereocenters. The SMILES string of the molecule is CC[C@H]1OC(=O)[C@H](C)C(=O)[C@H](C)[C@@H](O[C@@H]2OC(C)CC(N(C)C)C2O)[C@](C)(OC)C[C@@H](C)CN(C(C)=O)[C@H](C)[C@H]2N(CCCCn3cc(-c4cccc(N)c4)nn3)C(=O)O[C@]12C.CSF. The van der Waals surface area contributed by atoms with Gasteiger partial charge in [-0.2, -0.15) is 3.89 Å². The summed E-state index contributed by atoms with van der Waals surface area (Å²) in [5, 5.41) is 20.1. The second kappa shape index (κ2) is 23.2. The molecular formula is C46H74FN7O10S. The lowest BCUT2D eigenvalue weighted by Crippen LogP contribution is -2.62. The number of rotatable bonds is 11. The van der Waals surface area contributed by atoms with Gasteiger partial charge in [-0.1, -0.05) is 38.1 Å². The highest BCUT2D eigenvalue weighted by molar-refractivity contribution is 7.93. The minimum Gasteiger partial charge on any atom is -0.458 e. The molecule has 19 heteroatoms. The number of nitrogen functional groups attached to an aromatic ring is 1. The van der Waals surface area contributed by atoms with Crippen molar-refractivity contribution in [2.24, 2.45) is 17.8 Å². The van der Waals surface area contributed by atoms with Crippen LogP contribution in [0.1, 0.15) is 94.4 Å². The van der Waals surface area contributed by atoms with Gasteiger partial charge in [0.05, 0.1) is 36.1 Å². The van der Waals surface area contributed by atoms with E-state index >= 15 is 0 Å². The van der Waals surface area contributed by atoms with Crippen LogP contribution in [0.3, 0.4) is 0 Å². The number of methoxy groups -OCH3 is 1. The number of nitrogens with two attached hydrogens (primary N) is 1. The Hall–Kier alpha value is -3.88. The number of aliphatic hydroxyl groups is 1. The molecule has 4 heterocycles. The fourth-order valence-electron chi connectivity index (χ4n) is 10.0. The van der Waals surface area contributed by atoms with E-state index in [1.54, 1.807) is 35.4 Å². The summed E-state index contributed by atoms with van der Waals surface area (Å²) in [6.45, 7) is 17.0. The van der Waals surface area contributed by atoms with Crippen molar-refractivity contribution in [1.82, 2.24) is 29.7 Å². The van der Waals surface area contributed by atoms with Crippen molar-refractivity contribution in [3.63, 3.8) is 0 Å². The van der Waals surface area contributed by atoms with Crippen LogP contribution in [0.5, 0.6) is 0 Å². The fraction of sp³-hybridized carbons (Fsp3) is 0.739. The summed E-state index contributed by atoms with van der Waals surface area (Å²) in [5.41, 5.74) is 5.59. The van der Waals surface area contributed by atoms with E-state index in [9.17, 15) is 28.2 Å².